The van der Waals surface area contributed by atoms with Crippen molar-refractivity contribution in [1.82, 2.24) is 10.6 Å². The standard InChI is InChI=1S/C32H45N3O4S/c1-39-26-17-11-22(12-18-26)19-30(40-21-23-7-3-2-4-8-23)28(35-31(37)24-13-15-25(33)16-14-24)20-34-32(38)27-9-5-6-10-29(27)36/h5-6,9-12,17-18,23-25,28,30,36H,2-4,7-8,13-16,19-21,33H2,1H3,(H,34,38)(H,35,37). The number of methoxy groups -OCH3 is 1. The van der Waals surface area contributed by atoms with E-state index in [1.54, 1.807) is 25.3 Å². The van der Waals surface area contributed by atoms with Gasteiger partial charge in [0, 0.05) is 23.8 Å². The van der Waals surface area contributed by atoms with Crippen LogP contribution < -0.4 is 21.1 Å². The number of carbonyl (C=O) groups is 2. The van der Waals surface area contributed by atoms with Crippen LogP contribution >= 0.6 is 11.8 Å². The number of hydrogen-bond donors (Lipinski definition) is 4. The number of para-hydroxylation sites is 1. The van der Waals surface area contributed by atoms with Gasteiger partial charge in [0.2, 0.25) is 5.91 Å². The molecule has 2 aliphatic rings. The third-order valence-electron chi connectivity index (χ3n) is 8.42. The van der Waals surface area contributed by atoms with E-state index in [0.29, 0.717) is 5.92 Å². The molecule has 4 rings (SSSR count). The van der Waals surface area contributed by atoms with Gasteiger partial charge >= 0.3 is 0 Å². The number of benzene rings is 2. The average Bonchev–Trinajstić information content (AvgIpc) is 2.98. The van der Waals surface area contributed by atoms with E-state index < -0.39 is 0 Å². The lowest BCUT2D eigenvalue weighted by atomic mass is 9.85. The summed E-state index contributed by atoms with van der Waals surface area (Å²) in [6.07, 6.45) is 10.5. The number of carbonyl (C=O) groups excluding carboxylic acids is 2. The molecule has 0 aromatic heterocycles. The highest BCUT2D eigenvalue weighted by Crippen LogP contribution is 2.31. The minimum atomic E-state index is -0.346. The molecule has 2 aromatic rings. The Hall–Kier alpha value is -2.71. The Labute approximate surface area is 243 Å². The maximum absolute atomic E-state index is 13.5. The zero-order chi connectivity index (χ0) is 28.3. The maximum Gasteiger partial charge on any atom is 0.255 e. The highest BCUT2D eigenvalue weighted by atomic mass is 32.2. The van der Waals surface area contributed by atoms with E-state index in [4.69, 9.17) is 10.5 Å². The van der Waals surface area contributed by atoms with E-state index >= 15 is 0 Å². The molecule has 2 fully saturated rings. The lowest BCUT2D eigenvalue weighted by Crippen LogP contribution is -2.52. The Morgan fingerprint density at radius 3 is 2.38 bits per heavy atom. The van der Waals surface area contributed by atoms with Crippen molar-refractivity contribution in [2.75, 3.05) is 19.4 Å². The van der Waals surface area contributed by atoms with E-state index in [2.05, 4.69) is 22.8 Å². The minimum Gasteiger partial charge on any atom is -0.507 e. The number of thioether (sulfide) groups is 1. The van der Waals surface area contributed by atoms with E-state index in [1.807, 2.05) is 23.9 Å². The summed E-state index contributed by atoms with van der Waals surface area (Å²) in [5.74, 6) is 2.13. The quantitative estimate of drug-likeness (QED) is 0.285. The summed E-state index contributed by atoms with van der Waals surface area (Å²) >= 11 is 1.91. The molecule has 2 saturated carbocycles. The van der Waals surface area contributed by atoms with Crippen molar-refractivity contribution in [3.05, 3.63) is 59.7 Å². The number of nitrogens with two attached hydrogens (primary N) is 1. The maximum atomic E-state index is 13.5. The highest BCUT2D eigenvalue weighted by Gasteiger charge is 2.31. The van der Waals surface area contributed by atoms with Crippen LogP contribution in [0.2, 0.25) is 0 Å². The molecule has 2 aromatic carbocycles. The first-order chi connectivity index (χ1) is 19.4. The Morgan fingerprint density at radius 2 is 1.70 bits per heavy atom. The van der Waals surface area contributed by atoms with Crippen LogP contribution in [0.1, 0.15) is 73.7 Å². The van der Waals surface area contributed by atoms with Crippen LogP contribution in [0.3, 0.4) is 0 Å². The normalized spacial score (nSPS) is 21.2. The van der Waals surface area contributed by atoms with Gasteiger partial charge < -0.3 is 26.2 Å². The fraction of sp³-hybridized carbons (Fsp3) is 0.562. The molecule has 0 bridgehead atoms. The fourth-order valence-electron chi connectivity index (χ4n) is 5.85. The Balaban J connectivity index is 1.53. The molecule has 2 aliphatic carbocycles. The Morgan fingerprint density at radius 1 is 1.00 bits per heavy atom. The van der Waals surface area contributed by atoms with Gasteiger partial charge in [0.15, 0.2) is 0 Å². The molecule has 40 heavy (non-hydrogen) atoms. The molecule has 2 amide bonds. The molecule has 0 saturated heterocycles. The van der Waals surface area contributed by atoms with E-state index in [1.165, 1.54) is 38.2 Å². The summed E-state index contributed by atoms with van der Waals surface area (Å²) in [6.45, 7) is 0.281. The number of rotatable bonds is 12. The van der Waals surface area contributed by atoms with E-state index in [9.17, 15) is 14.7 Å². The molecule has 7 nitrogen and oxygen atoms in total. The van der Waals surface area contributed by atoms with Gasteiger partial charge in [0.1, 0.15) is 11.5 Å². The number of amides is 2. The van der Waals surface area contributed by atoms with Gasteiger partial charge in [0.05, 0.1) is 18.7 Å². The van der Waals surface area contributed by atoms with Gasteiger partial charge in [-0.2, -0.15) is 11.8 Å². The summed E-state index contributed by atoms with van der Waals surface area (Å²) in [5.41, 5.74) is 7.50. The van der Waals surface area contributed by atoms with E-state index in [0.717, 1.165) is 49.2 Å². The third kappa shape index (κ3) is 8.90. The lowest BCUT2D eigenvalue weighted by Gasteiger charge is -2.33. The van der Waals surface area contributed by atoms with Crippen molar-refractivity contribution in [3.8, 4) is 11.5 Å². The van der Waals surface area contributed by atoms with Crippen molar-refractivity contribution >= 4 is 23.6 Å². The summed E-state index contributed by atoms with van der Waals surface area (Å²) in [5, 5.41) is 16.6. The molecule has 8 heteroatoms. The second-order valence-electron chi connectivity index (χ2n) is 11.4. The van der Waals surface area contributed by atoms with Gasteiger partial charge in [-0.15, -0.1) is 0 Å². The number of aromatic hydroxyl groups is 1. The zero-order valence-corrected chi connectivity index (χ0v) is 24.5. The second kappa shape index (κ2) is 15.3. The summed E-state index contributed by atoms with van der Waals surface area (Å²) in [7, 11) is 1.66. The zero-order valence-electron chi connectivity index (χ0n) is 23.6. The van der Waals surface area contributed by atoms with Crippen molar-refractivity contribution in [3.63, 3.8) is 0 Å². The number of phenols is 1. The molecule has 0 aliphatic heterocycles. The molecular weight excluding hydrogens is 522 g/mol. The molecule has 218 valence electrons. The monoisotopic (exact) mass is 567 g/mol. The molecule has 0 radical (unpaired) electrons. The van der Waals surface area contributed by atoms with Crippen LogP contribution in [0.4, 0.5) is 0 Å². The third-order valence-corrected chi connectivity index (χ3v) is 10.0. The van der Waals surface area contributed by atoms with Crippen molar-refractivity contribution in [1.29, 1.82) is 0 Å². The molecule has 5 N–H and O–H groups in total. The Kier molecular flexibility index (Phi) is 11.6. The molecular formula is C32H45N3O4S. The molecule has 0 heterocycles. The second-order valence-corrected chi connectivity index (χ2v) is 12.7. The van der Waals surface area contributed by atoms with Gasteiger partial charge in [-0.1, -0.05) is 43.5 Å². The average molecular weight is 568 g/mol. The molecule has 0 spiro atoms. The van der Waals surface area contributed by atoms with Gasteiger partial charge in [-0.05, 0) is 86.4 Å². The SMILES string of the molecule is COc1ccc(CC(SCC2CCCCC2)C(CNC(=O)c2ccccc2O)NC(=O)C2CCC(N)CC2)cc1. The summed E-state index contributed by atoms with van der Waals surface area (Å²) < 4.78 is 5.35. The topological polar surface area (TPSA) is 114 Å². The van der Waals surface area contributed by atoms with Gasteiger partial charge in [-0.25, -0.2) is 0 Å². The fourth-order valence-corrected chi connectivity index (χ4v) is 7.41. The molecule has 2 atom stereocenters. The van der Waals surface area contributed by atoms with Crippen molar-refractivity contribution in [2.45, 2.75) is 81.5 Å². The number of hydrogen-bond acceptors (Lipinski definition) is 6. The van der Waals surface area contributed by atoms with Crippen LogP contribution in [-0.2, 0) is 11.2 Å². The van der Waals surface area contributed by atoms with Crippen molar-refractivity contribution in [2.24, 2.45) is 17.6 Å². The van der Waals surface area contributed by atoms with E-state index in [-0.39, 0.29) is 52.9 Å². The van der Waals surface area contributed by atoms with Gasteiger partial charge in [-0.3, -0.25) is 9.59 Å². The first kappa shape index (κ1) is 30.3. The van der Waals surface area contributed by atoms with Crippen molar-refractivity contribution < 1.29 is 19.4 Å². The van der Waals surface area contributed by atoms with Crippen LogP contribution in [0, 0.1) is 11.8 Å². The largest absolute Gasteiger partial charge is 0.507 e. The summed E-state index contributed by atoms with van der Waals surface area (Å²) in [4.78, 5) is 26.5. The number of phenolic OH excluding ortho intramolecular Hbond substituents is 1. The summed E-state index contributed by atoms with van der Waals surface area (Å²) in [6, 6.07) is 14.5. The lowest BCUT2D eigenvalue weighted by molar-refractivity contribution is -0.126. The molecule has 2 unspecified atom stereocenters. The van der Waals surface area contributed by atoms with Crippen LogP contribution in [0.5, 0.6) is 11.5 Å². The minimum absolute atomic E-state index is 0.0479. The predicted octanol–water partition coefficient (Wildman–Crippen LogP) is 5.06. The van der Waals surface area contributed by atoms with Crippen LogP contribution in [0.15, 0.2) is 48.5 Å². The number of nitrogens with one attached hydrogen (secondary N) is 2. The number of ether oxygens (including phenoxy) is 1. The Bertz CT molecular complexity index is 1080. The predicted molar refractivity (Wildman–Crippen MR) is 162 cm³/mol. The first-order valence-electron chi connectivity index (χ1n) is 14.8. The highest BCUT2D eigenvalue weighted by molar-refractivity contribution is 7.99. The van der Waals surface area contributed by atoms with Crippen LogP contribution in [-0.4, -0.2) is 53.7 Å². The van der Waals surface area contributed by atoms with Gasteiger partial charge in [0.25, 0.3) is 5.91 Å². The first-order valence-corrected chi connectivity index (χ1v) is 15.8. The smallest absolute Gasteiger partial charge is 0.255 e. The van der Waals surface area contributed by atoms with Crippen LogP contribution in [0.25, 0.3) is 0 Å².